The molecule has 0 unspecified atom stereocenters. The molecule has 0 heterocycles. The van der Waals surface area contributed by atoms with E-state index < -0.39 is 24.0 Å². The molecule has 140 valence electrons. The second-order valence-electron chi connectivity index (χ2n) is 5.99. The molecule has 5 nitrogen and oxygen atoms in total. The Balaban J connectivity index is 2.15. The fourth-order valence-electron chi connectivity index (χ4n) is 3.10. The molecule has 0 bridgehead atoms. The number of hydrogen-bond acceptors (Lipinski definition) is 4. The van der Waals surface area contributed by atoms with Crippen LogP contribution in [-0.4, -0.2) is 39.5 Å². The molecule has 1 saturated carbocycles. The maximum Gasteiger partial charge on any atom is 0.391 e. The minimum Gasteiger partial charge on any atom is -0.493 e. The van der Waals surface area contributed by atoms with E-state index in [1.54, 1.807) is 0 Å². The number of nitrogens with one attached hydrogen (secondary N) is 1. The third-order valence-corrected chi connectivity index (χ3v) is 4.40. The number of methoxy groups -OCH3 is 3. The molecule has 0 spiro atoms. The number of carbonyl (C=O) groups is 1. The summed E-state index contributed by atoms with van der Waals surface area (Å²) < 4.78 is 54.3. The molecule has 1 amide bonds. The first-order chi connectivity index (χ1) is 11.8. The van der Waals surface area contributed by atoms with Gasteiger partial charge in [0.25, 0.3) is 5.91 Å². The molecule has 8 heteroatoms. The molecule has 1 fully saturated rings. The average molecular weight is 361 g/mol. The van der Waals surface area contributed by atoms with Gasteiger partial charge in [0.1, 0.15) is 0 Å². The predicted molar refractivity (Wildman–Crippen MR) is 85.4 cm³/mol. The van der Waals surface area contributed by atoms with Crippen molar-refractivity contribution in [3.8, 4) is 17.2 Å². The highest BCUT2D eigenvalue weighted by Crippen LogP contribution is 2.39. The van der Waals surface area contributed by atoms with Gasteiger partial charge in [-0.25, -0.2) is 0 Å². The summed E-state index contributed by atoms with van der Waals surface area (Å²) in [5.41, 5.74) is 0.239. The molecule has 2 atom stereocenters. The van der Waals surface area contributed by atoms with Crippen LogP contribution in [0, 0.1) is 5.92 Å². The van der Waals surface area contributed by atoms with Crippen molar-refractivity contribution < 1.29 is 32.2 Å². The van der Waals surface area contributed by atoms with Gasteiger partial charge in [-0.1, -0.05) is 6.42 Å². The smallest absolute Gasteiger partial charge is 0.391 e. The second-order valence-corrected chi connectivity index (χ2v) is 5.99. The third-order valence-electron chi connectivity index (χ3n) is 4.40. The summed E-state index contributed by atoms with van der Waals surface area (Å²) in [4.78, 5) is 12.5. The van der Waals surface area contributed by atoms with Gasteiger partial charge < -0.3 is 19.5 Å². The summed E-state index contributed by atoms with van der Waals surface area (Å²) in [6.45, 7) is 0. The number of hydrogen-bond donors (Lipinski definition) is 1. The number of halogens is 3. The molecule has 0 saturated heterocycles. The number of amides is 1. The molecule has 1 aromatic rings. The fraction of sp³-hybridized carbons (Fsp3) is 0.588. The minimum absolute atomic E-state index is 0.0976. The van der Waals surface area contributed by atoms with Crippen LogP contribution in [0.15, 0.2) is 12.1 Å². The van der Waals surface area contributed by atoms with Crippen LogP contribution in [-0.2, 0) is 0 Å². The van der Waals surface area contributed by atoms with Crippen molar-refractivity contribution in [3.63, 3.8) is 0 Å². The molecule has 1 aromatic carbocycles. The lowest BCUT2D eigenvalue weighted by atomic mass is 9.85. The number of ether oxygens (including phenoxy) is 3. The van der Waals surface area contributed by atoms with Gasteiger partial charge >= 0.3 is 6.18 Å². The van der Waals surface area contributed by atoms with E-state index in [1.807, 2.05) is 0 Å². The molecule has 0 aromatic heterocycles. The molecule has 25 heavy (non-hydrogen) atoms. The first-order valence-electron chi connectivity index (χ1n) is 7.97. The maximum atomic E-state index is 12.9. The maximum absolute atomic E-state index is 12.9. The molecule has 0 radical (unpaired) electrons. The quantitative estimate of drug-likeness (QED) is 0.871. The zero-order valence-electron chi connectivity index (χ0n) is 14.4. The first-order valence-corrected chi connectivity index (χ1v) is 7.97. The van der Waals surface area contributed by atoms with Crippen molar-refractivity contribution in [1.29, 1.82) is 0 Å². The van der Waals surface area contributed by atoms with Crippen molar-refractivity contribution in [1.82, 2.24) is 5.32 Å². The Kier molecular flexibility index (Phi) is 6.02. The lowest BCUT2D eigenvalue weighted by molar-refractivity contribution is -0.183. The van der Waals surface area contributed by atoms with Gasteiger partial charge in [-0.15, -0.1) is 0 Å². The van der Waals surface area contributed by atoms with E-state index in [-0.39, 0.29) is 18.4 Å². The molecule has 0 aliphatic heterocycles. The van der Waals surface area contributed by atoms with Crippen LogP contribution in [0.4, 0.5) is 13.2 Å². The van der Waals surface area contributed by atoms with E-state index in [0.717, 1.165) is 0 Å². The average Bonchev–Trinajstić information content (AvgIpc) is 2.59. The van der Waals surface area contributed by atoms with Gasteiger partial charge in [-0.05, 0) is 31.4 Å². The Morgan fingerprint density at radius 3 is 2.16 bits per heavy atom. The number of alkyl halides is 3. The molecule has 2 rings (SSSR count). The highest BCUT2D eigenvalue weighted by Gasteiger charge is 2.42. The van der Waals surface area contributed by atoms with Crippen LogP contribution in [0.25, 0.3) is 0 Å². The van der Waals surface area contributed by atoms with Crippen molar-refractivity contribution in [3.05, 3.63) is 17.7 Å². The first kappa shape index (κ1) is 19.2. The zero-order valence-corrected chi connectivity index (χ0v) is 14.4. The van der Waals surface area contributed by atoms with E-state index >= 15 is 0 Å². The number of benzene rings is 1. The summed E-state index contributed by atoms with van der Waals surface area (Å²) >= 11 is 0. The second kappa shape index (κ2) is 7.84. The summed E-state index contributed by atoms with van der Waals surface area (Å²) in [6.07, 6.45) is -3.25. The van der Waals surface area contributed by atoms with Crippen LogP contribution in [0.1, 0.15) is 36.0 Å². The SMILES string of the molecule is COc1cc(C(=O)N[C@@H]2CCC[C@@H](C(F)(F)F)C2)cc(OC)c1OC. The Morgan fingerprint density at radius 1 is 1.08 bits per heavy atom. The van der Waals surface area contributed by atoms with Crippen molar-refractivity contribution in [2.45, 2.75) is 37.9 Å². The third kappa shape index (κ3) is 4.49. The van der Waals surface area contributed by atoms with Crippen molar-refractivity contribution >= 4 is 5.91 Å². The minimum atomic E-state index is -4.23. The Hall–Kier alpha value is -2.12. The summed E-state index contributed by atoms with van der Waals surface area (Å²) in [6, 6.07) is 2.44. The standard InChI is InChI=1S/C17H22F3NO4/c1-23-13-7-10(8-14(24-2)15(13)25-3)16(22)21-12-6-4-5-11(9-12)17(18,19)20/h7-8,11-12H,4-6,9H2,1-3H3,(H,21,22)/t11-,12-/m1/s1. The van der Waals surface area contributed by atoms with E-state index in [2.05, 4.69) is 5.32 Å². The summed E-state index contributed by atoms with van der Waals surface area (Å²) in [5, 5.41) is 2.69. The fourth-order valence-corrected chi connectivity index (χ4v) is 3.10. The van der Waals surface area contributed by atoms with Crippen LogP contribution >= 0.6 is 0 Å². The Bertz CT molecular complexity index is 593. The lowest BCUT2D eigenvalue weighted by Gasteiger charge is -2.31. The van der Waals surface area contributed by atoms with Gasteiger partial charge in [0.2, 0.25) is 5.75 Å². The molecule has 1 aliphatic rings. The lowest BCUT2D eigenvalue weighted by Crippen LogP contribution is -2.41. The Labute approximate surface area is 144 Å². The van der Waals surface area contributed by atoms with E-state index in [4.69, 9.17) is 14.2 Å². The highest BCUT2D eigenvalue weighted by molar-refractivity contribution is 5.95. The monoisotopic (exact) mass is 361 g/mol. The molecule has 1 aliphatic carbocycles. The summed E-state index contributed by atoms with van der Waals surface area (Å²) in [5.74, 6) is -0.873. The molecule has 1 N–H and O–H groups in total. The van der Waals surface area contributed by atoms with Gasteiger partial charge in [0.15, 0.2) is 11.5 Å². The van der Waals surface area contributed by atoms with Crippen LogP contribution in [0.5, 0.6) is 17.2 Å². The van der Waals surface area contributed by atoms with Gasteiger partial charge in [-0.3, -0.25) is 4.79 Å². The van der Waals surface area contributed by atoms with Crippen LogP contribution in [0.3, 0.4) is 0 Å². The largest absolute Gasteiger partial charge is 0.493 e. The number of carbonyl (C=O) groups excluding carboxylic acids is 1. The van der Waals surface area contributed by atoms with Gasteiger partial charge in [-0.2, -0.15) is 13.2 Å². The molecular weight excluding hydrogens is 339 g/mol. The molecular formula is C17H22F3NO4. The van der Waals surface area contributed by atoms with E-state index in [1.165, 1.54) is 33.5 Å². The normalized spacial score (nSPS) is 20.7. The zero-order chi connectivity index (χ0) is 18.6. The topological polar surface area (TPSA) is 56.8 Å². The van der Waals surface area contributed by atoms with Crippen LogP contribution < -0.4 is 19.5 Å². The van der Waals surface area contributed by atoms with Crippen LogP contribution in [0.2, 0.25) is 0 Å². The van der Waals surface area contributed by atoms with Gasteiger partial charge in [0.05, 0.1) is 27.2 Å². The van der Waals surface area contributed by atoms with E-state index in [0.29, 0.717) is 30.1 Å². The highest BCUT2D eigenvalue weighted by atomic mass is 19.4. The van der Waals surface area contributed by atoms with Gasteiger partial charge in [0, 0.05) is 11.6 Å². The van der Waals surface area contributed by atoms with Crippen molar-refractivity contribution in [2.75, 3.05) is 21.3 Å². The van der Waals surface area contributed by atoms with Crippen molar-refractivity contribution in [2.24, 2.45) is 5.92 Å². The predicted octanol–water partition coefficient (Wildman–Crippen LogP) is 3.56. The Morgan fingerprint density at radius 2 is 1.68 bits per heavy atom. The van der Waals surface area contributed by atoms with E-state index in [9.17, 15) is 18.0 Å². The summed E-state index contributed by atoms with van der Waals surface area (Å²) in [7, 11) is 4.29. The number of rotatable bonds is 5.